The van der Waals surface area contributed by atoms with Crippen LogP contribution in [-0.4, -0.2) is 36.6 Å². The third kappa shape index (κ3) is 4.66. The maximum Gasteiger partial charge on any atom is 0.409 e. The quantitative estimate of drug-likeness (QED) is 0.659. The molecular formula is C26H23ClN2O4. The van der Waals surface area contributed by atoms with E-state index in [-0.39, 0.29) is 18.0 Å². The van der Waals surface area contributed by atoms with Crippen LogP contribution in [-0.2, 0) is 16.0 Å². The van der Waals surface area contributed by atoms with Gasteiger partial charge in [-0.1, -0.05) is 35.9 Å². The number of carbonyl (C=O) groups excluding carboxylic acids is 2. The molecule has 1 aliphatic carbocycles. The van der Waals surface area contributed by atoms with E-state index in [2.05, 4.69) is 11.4 Å². The number of allylic oxidation sites excluding steroid dienone is 4. The molecule has 2 aromatic carbocycles. The maximum absolute atomic E-state index is 11.6. The minimum Gasteiger partial charge on any atom is -0.457 e. The molecule has 6 nitrogen and oxygen atoms in total. The van der Waals surface area contributed by atoms with Gasteiger partial charge in [0, 0.05) is 12.7 Å². The van der Waals surface area contributed by atoms with E-state index in [0.717, 1.165) is 40.8 Å². The molecule has 1 N–H and O–H groups in total. The van der Waals surface area contributed by atoms with E-state index < -0.39 is 0 Å². The van der Waals surface area contributed by atoms with Crippen molar-refractivity contribution in [3.63, 3.8) is 0 Å². The van der Waals surface area contributed by atoms with E-state index in [0.29, 0.717) is 29.5 Å². The van der Waals surface area contributed by atoms with Crippen molar-refractivity contribution in [3.05, 3.63) is 87.6 Å². The molecule has 0 aromatic heterocycles. The molecule has 0 radical (unpaired) electrons. The SMILES string of the molecule is CN1C(=O)OCC1Cc1ccc(Oc2ccc(/C=C3/C=C4CC(=O)NC4=CC3)c(Cl)c2)cc1. The molecule has 2 aromatic rings. The highest BCUT2D eigenvalue weighted by Gasteiger charge is 2.29. The van der Waals surface area contributed by atoms with E-state index in [4.69, 9.17) is 21.1 Å². The fourth-order valence-corrected chi connectivity index (χ4v) is 4.40. The Morgan fingerprint density at radius 1 is 1.18 bits per heavy atom. The molecule has 3 aliphatic rings. The predicted molar refractivity (Wildman–Crippen MR) is 126 cm³/mol. The van der Waals surface area contributed by atoms with Crippen LogP contribution in [0.1, 0.15) is 24.0 Å². The van der Waals surface area contributed by atoms with E-state index in [1.54, 1.807) is 18.0 Å². The Kier molecular flexibility index (Phi) is 5.68. The van der Waals surface area contributed by atoms with Gasteiger partial charge in [-0.25, -0.2) is 4.79 Å². The van der Waals surface area contributed by atoms with Crippen LogP contribution < -0.4 is 10.1 Å². The number of hydrogen-bond donors (Lipinski definition) is 1. The number of cyclic esters (lactones) is 1. The van der Waals surface area contributed by atoms with Crippen LogP contribution in [0.15, 0.2) is 71.5 Å². The molecule has 2 fully saturated rings. The first kappa shape index (κ1) is 21.3. The van der Waals surface area contributed by atoms with Gasteiger partial charge in [-0.05, 0) is 71.5 Å². The monoisotopic (exact) mass is 462 g/mol. The Labute approximate surface area is 197 Å². The van der Waals surface area contributed by atoms with E-state index >= 15 is 0 Å². The number of hydrogen-bond acceptors (Lipinski definition) is 4. The number of fused-ring (bicyclic) bond motifs is 1. The number of rotatable bonds is 5. The molecule has 2 amide bonds. The van der Waals surface area contributed by atoms with Crippen LogP contribution in [0, 0.1) is 0 Å². The van der Waals surface area contributed by atoms with Gasteiger partial charge in [0.2, 0.25) is 5.91 Å². The molecule has 33 heavy (non-hydrogen) atoms. The second-order valence-electron chi connectivity index (χ2n) is 8.41. The minimum atomic E-state index is -0.275. The van der Waals surface area contributed by atoms with Gasteiger partial charge >= 0.3 is 6.09 Å². The number of carbonyl (C=O) groups is 2. The molecule has 0 bridgehead atoms. The van der Waals surface area contributed by atoms with Crippen LogP contribution in [0.5, 0.6) is 11.5 Å². The van der Waals surface area contributed by atoms with Crippen molar-refractivity contribution in [2.75, 3.05) is 13.7 Å². The number of ether oxygens (including phenoxy) is 2. The second kappa shape index (κ2) is 8.79. The van der Waals surface area contributed by atoms with E-state index in [1.165, 1.54) is 0 Å². The molecule has 2 heterocycles. The molecule has 0 spiro atoms. The third-order valence-electron chi connectivity index (χ3n) is 6.05. The summed E-state index contributed by atoms with van der Waals surface area (Å²) in [5, 5.41) is 3.47. The van der Waals surface area contributed by atoms with Gasteiger partial charge in [0.1, 0.15) is 18.1 Å². The largest absolute Gasteiger partial charge is 0.457 e. The zero-order chi connectivity index (χ0) is 22.9. The van der Waals surface area contributed by atoms with Crippen LogP contribution in [0.2, 0.25) is 5.02 Å². The summed E-state index contributed by atoms with van der Waals surface area (Å²) in [4.78, 5) is 24.7. The topological polar surface area (TPSA) is 67.9 Å². The highest BCUT2D eigenvalue weighted by atomic mass is 35.5. The van der Waals surface area contributed by atoms with Gasteiger partial charge in [-0.15, -0.1) is 0 Å². The zero-order valence-electron chi connectivity index (χ0n) is 18.1. The summed E-state index contributed by atoms with van der Waals surface area (Å²) in [5.41, 5.74) is 5.07. The minimum absolute atomic E-state index is 0.0382. The standard InChI is InChI=1S/C26H23ClN2O4/c1-29-20(15-32-26(29)31)12-16-2-6-21(7-3-16)33-22-8-5-18(23(27)14-22)10-17-4-9-24-19(11-17)13-25(30)28-24/h2-3,5-11,14,20H,4,12-13,15H2,1H3,(H,28,30)/b17-10+. The van der Waals surface area contributed by atoms with E-state index in [1.807, 2.05) is 48.6 Å². The highest BCUT2D eigenvalue weighted by molar-refractivity contribution is 6.32. The Morgan fingerprint density at radius 2 is 1.97 bits per heavy atom. The Balaban J connectivity index is 1.24. The summed E-state index contributed by atoms with van der Waals surface area (Å²) in [7, 11) is 1.76. The van der Waals surface area contributed by atoms with Crippen molar-refractivity contribution in [1.82, 2.24) is 10.2 Å². The van der Waals surface area contributed by atoms with Crippen LogP contribution in [0.4, 0.5) is 4.79 Å². The summed E-state index contributed by atoms with van der Waals surface area (Å²) in [6, 6.07) is 13.5. The lowest BCUT2D eigenvalue weighted by molar-refractivity contribution is -0.118. The number of nitrogens with zero attached hydrogens (tertiary/aromatic N) is 1. The van der Waals surface area contributed by atoms with Gasteiger partial charge in [0.15, 0.2) is 0 Å². The van der Waals surface area contributed by atoms with Crippen molar-refractivity contribution in [2.45, 2.75) is 25.3 Å². The van der Waals surface area contributed by atoms with Crippen molar-refractivity contribution >= 4 is 29.7 Å². The lowest BCUT2D eigenvalue weighted by atomic mass is 9.97. The Bertz CT molecular complexity index is 1210. The fraction of sp³-hybridized carbons (Fsp3) is 0.231. The Morgan fingerprint density at radius 3 is 2.70 bits per heavy atom. The van der Waals surface area contributed by atoms with Gasteiger partial charge in [0.25, 0.3) is 0 Å². The van der Waals surface area contributed by atoms with Gasteiger partial charge in [-0.3, -0.25) is 4.79 Å². The molecule has 168 valence electrons. The molecular weight excluding hydrogens is 440 g/mol. The van der Waals surface area contributed by atoms with Crippen LogP contribution >= 0.6 is 11.6 Å². The van der Waals surface area contributed by atoms with Crippen LogP contribution in [0.25, 0.3) is 6.08 Å². The maximum atomic E-state index is 11.6. The lowest BCUT2D eigenvalue weighted by Crippen LogP contribution is -2.30. The normalized spacial score (nSPS) is 20.8. The number of nitrogens with one attached hydrogen (secondary N) is 1. The second-order valence-corrected chi connectivity index (χ2v) is 8.82. The highest BCUT2D eigenvalue weighted by Crippen LogP contribution is 2.32. The zero-order valence-corrected chi connectivity index (χ0v) is 18.9. The van der Waals surface area contributed by atoms with Crippen molar-refractivity contribution in [3.8, 4) is 11.5 Å². The summed E-state index contributed by atoms with van der Waals surface area (Å²) >= 11 is 6.52. The average Bonchev–Trinajstić information content (AvgIpc) is 3.32. The first-order valence-corrected chi connectivity index (χ1v) is 11.2. The van der Waals surface area contributed by atoms with Crippen molar-refractivity contribution in [1.29, 1.82) is 0 Å². The van der Waals surface area contributed by atoms with Crippen LogP contribution in [0.3, 0.4) is 0 Å². The smallest absolute Gasteiger partial charge is 0.409 e. The predicted octanol–water partition coefficient (Wildman–Crippen LogP) is 5.24. The first-order valence-electron chi connectivity index (χ1n) is 10.8. The van der Waals surface area contributed by atoms with Crippen molar-refractivity contribution < 1.29 is 19.1 Å². The molecule has 2 saturated heterocycles. The summed E-state index contributed by atoms with van der Waals surface area (Å²) in [6.07, 6.45) is 7.76. The molecule has 2 aliphatic heterocycles. The number of halogens is 1. The average molecular weight is 463 g/mol. The molecule has 7 heteroatoms. The Hall–Kier alpha value is -3.51. The molecule has 1 atom stereocenters. The molecule has 1 unspecified atom stereocenters. The van der Waals surface area contributed by atoms with Gasteiger partial charge in [0.05, 0.1) is 17.5 Å². The van der Waals surface area contributed by atoms with E-state index in [9.17, 15) is 9.59 Å². The number of likely N-dealkylation sites (N-methyl/N-ethyl adjacent to an activating group) is 1. The summed E-state index contributed by atoms with van der Waals surface area (Å²) in [6.45, 7) is 0.415. The third-order valence-corrected chi connectivity index (χ3v) is 6.38. The summed E-state index contributed by atoms with van der Waals surface area (Å²) < 4.78 is 11.0. The van der Waals surface area contributed by atoms with Crippen molar-refractivity contribution in [2.24, 2.45) is 0 Å². The van der Waals surface area contributed by atoms with Gasteiger partial charge < -0.3 is 19.7 Å². The first-order chi connectivity index (χ1) is 15.9. The number of benzene rings is 2. The lowest BCUT2D eigenvalue weighted by Gasteiger charge is -2.16. The number of amides is 2. The summed E-state index contributed by atoms with van der Waals surface area (Å²) in [5.74, 6) is 1.40. The van der Waals surface area contributed by atoms with Gasteiger partial charge in [-0.2, -0.15) is 0 Å². The molecule has 5 rings (SSSR count). The fourth-order valence-electron chi connectivity index (χ4n) is 4.17. The molecule has 0 saturated carbocycles.